The molecule has 100 valence electrons. The summed E-state index contributed by atoms with van der Waals surface area (Å²) in [6.07, 6.45) is 9.44. The van der Waals surface area contributed by atoms with Crippen LogP contribution in [0.3, 0.4) is 0 Å². The van der Waals surface area contributed by atoms with E-state index in [1.807, 2.05) is 0 Å². The molecule has 4 nitrogen and oxygen atoms in total. The van der Waals surface area contributed by atoms with Crippen LogP contribution in [0.25, 0.3) is 0 Å². The highest BCUT2D eigenvalue weighted by atomic mass is 16.1. The first kappa shape index (κ1) is 13.3. The van der Waals surface area contributed by atoms with Crippen LogP contribution >= 0.6 is 0 Å². The molecule has 1 aliphatic carbocycles. The molecule has 18 heavy (non-hydrogen) atoms. The van der Waals surface area contributed by atoms with Crippen molar-refractivity contribution in [1.82, 2.24) is 9.97 Å². The first-order valence-electron chi connectivity index (χ1n) is 7.10. The summed E-state index contributed by atoms with van der Waals surface area (Å²) in [7, 11) is 0. The average Bonchev–Trinajstić information content (AvgIpc) is 2.27. The molecule has 4 heteroatoms. The van der Waals surface area contributed by atoms with Crippen molar-refractivity contribution in [3.05, 3.63) is 27.9 Å². The number of nitrogens with two attached hydrogens (primary N) is 1. The van der Waals surface area contributed by atoms with Gasteiger partial charge < -0.3 is 10.7 Å². The van der Waals surface area contributed by atoms with E-state index in [2.05, 4.69) is 9.97 Å². The quantitative estimate of drug-likeness (QED) is 0.861. The second kappa shape index (κ2) is 6.69. The van der Waals surface area contributed by atoms with Crippen molar-refractivity contribution in [1.29, 1.82) is 0 Å². The maximum Gasteiger partial charge on any atom is 0.251 e. The minimum absolute atomic E-state index is 0.0366. The molecule has 0 unspecified atom stereocenters. The second-order valence-electron chi connectivity index (χ2n) is 5.20. The Morgan fingerprint density at radius 1 is 1.22 bits per heavy atom. The number of H-pyrrole nitrogens is 1. The Kier molecular flexibility index (Phi) is 4.93. The molecular weight excluding hydrogens is 226 g/mol. The van der Waals surface area contributed by atoms with E-state index >= 15 is 0 Å². The van der Waals surface area contributed by atoms with Crippen LogP contribution < -0.4 is 11.3 Å². The zero-order valence-corrected chi connectivity index (χ0v) is 11.0. The van der Waals surface area contributed by atoms with E-state index in [1.165, 1.54) is 32.1 Å². The van der Waals surface area contributed by atoms with E-state index in [9.17, 15) is 4.79 Å². The van der Waals surface area contributed by atoms with E-state index in [-0.39, 0.29) is 5.56 Å². The predicted molar refractivity (Wildman–Crippen MR) is 72.7 cm³/mol. The average molecular weight is 249 g/mol. The summed E-state index contributed by atoms with van der Waals surface area (Å²) < 4.78 is 0. The van der Waals surface area contributed by atoms with Crippen molar-refractivity contribution in [2.24, 2.45) is 5.73 Å². The molecule has 1 aromatic rings. The zero-order chi connectivity index (χ0) is 12.8. The Balaban J connectivity index is 2.16. The van der Waals surface area contributed by atoms with Gasteiger partial charge in [-0.2, -0.15) is 0 Å². The summed E-state index contributed by atoms with van der Waals surface area (Å²) in [5.41, 5.74) is 6.33. The molecule has 3 N–H and O–H groups in total. The number of aromatic amines is 1. The topological polar surface area (TPSA) is 71.8 Å². The molecule has 0 radical (unpaired) electrons. The van der Waals surface area contributed by atoms with Crippen LogP contribution in [0, 0.1) is 0 Å². The Morgan fingerprint density at radius 3 is 2.56 bits per heavy atom. The molecule has 0 amide bonds. The summed E-state index contributed by atoms with van der Waals surface area (Å²) >= 11 is 0. The highest BCUT2D eigenvalue weighted by Crippen LogP contribution is 2.28. The van der Waals surface area contributed by atoms with Crippen molar-refractivity contribution in [2.45, 2.75) is 57.3 Å². The van der Waals surface area contributed by atoms with Gasteiger partial charge >= 0.3 is 0 Å². The van der Waals surface area contributed by atoms with Gasteiger partial charge in [0.1, 0.15) is 5.82 Å². The van der Waals surface area contributed by atoms with Crippen molar-refractivity contribution >= 4 is 0 Å². The summed E-state index contributed by atoms with van der Waals surface area (Å²) in [4.78, 5) is 19.1. The summed E-state index contributed by atoms with van der Waals surface area (Å²) in [6, 6.07) is 1.57. The number of aromatic nitrogens is 2. The Morgan fingerprint density at radius 2 is 1.89 bits per heavy atom. The van der Waals surface area contributed by atoms with Gasteiger partial charge in [0, 0.05) is 24.1 Å². The lowest BCUT2D eigenvalue weighted by atomic mass is 9.90. The third kappa shape index (κ3) is 3.67. The minimum Gasteiger partial charge on any atom is -0.330 e. The number of rotatable bonds is 3. The SMILES string of the molecule is NCCc1cc(=O)[nH]c(C2CCCCCCC2)n1. The number of nitrogens with zero attached hydrogens (tertiary/aromatic N) is 1. The second-order valence-corrected chi connectivity index (χ2v) is 5.20. The maximum atomic E-state index is 11.6. The summed E-state index contributed by atoms with van der Waals surface area (Å²) in [6.45, 7) is 0.542. The van der Waals surface area contributed by atoms with Crippen LogP contribution in [-0.4, -0.2) is 16.5 Å². The lowest BCUT2D eigenvalue weighted by molar-refractivity contribution is 0.440. The van der Waals surface area contributed by atoms with Gasteiger partial charge in [-0.25, -0.2) is 4.98 Å². The number of hydrogen-bond acceptors (Lipinski definition) is 3. The first-order valence-corrected chi connectivity index (χ1v) is 7.10. The lowest BCUT2D eigenvalue weighted by Gasteiger charge is -2.19. The van der Waals surface area contributed by atoms with Crippen LogP contribution in [0.5, 0.6) is 0 Å². The van der Waals surface area contributed by atoms with E-state index in [4.69, 9.17) is 5.73 Å². The molecule has 2 rings (SSSR count). The van der Waals surface area contributed by atoms with Crippen LogP contribution in [-0.2, 0) is 6.42 Å². The van der Waals surface area contributed by atoms with Crippen LogP contribution in [0.15, 0.2) is 10.9 Å². The molecule has 0 saturated heterocycles. The van der Waals surface area contributed by atoms with Gasteiger partial charge in [0.05, 0.1) is 0 Å². The molecule has 0 aromatic carbocycles. The van der Waals surface area contributed by atoms with Crippen molar-refractivity contribution in [3.63, 3.8) is 0 Å². The van der Waals surface area contributed by atoms with E-state index in [1.54, 1.807) is 6.07 Å². The van der Waals surface area contributed by atoms with E-state index in [0.717, 1.165) is 24.4 Å². The molecule has 1 aliphatic rings. The van der Waals surface area contributed by atoms with Crippen molar-refractivity contribution in [2.75, 3.05) is 6.54 Å². The lowest BCUT2D eigenvalue weighted by Crippen LogP contribution is -2.18. The molecular formula is C14H23N3O. The Labute approximate surface area is 108 Å². The number of hydrogen-bond donors (Lipinski definition) is 2. The summed E-state index contributed by atoms with van der Waals surface area (Å²) in [5.74, 6) is 1.31. The maximum absolute atomic E-state index is 11.6. The van der Waals surface area contributed by atoms with Gasteiger partial charge in [0.2, 0.25) is 0 Å². The first-order chi connectivity index (χ1) is 8.79. The fraction of sp³-hybridized carbons (Fsp3) is 0.714. The fourth-order valence-corrected chi connectivity index (χ4v) is 2.73. The minimum atomic E-state index is -0.0366. The predicted octanol–water partition coefficient (Wildman–Crippen LogP) is 2.10. The molecule has 0 aliphatic heterocycles. The third-order valence-corrected chi connectivity index (χ3v) is 3.71. The Hall–Kier alpha value is -1.16. The monoisotopic (exact) mass is 249 g/mol. The highest BCUT2D eigenvalue weighted by Gasteiger charge is 2.16. The van der Waals surface area contributed by atoms with Crippen molar-refractivity contribution < 1.29 is 0 Å². The van der Waals surface area contributed by atoms with Gasteiger partial charge in [-0.1, -0.05) is 32.1 Å². The normalized spacial score (nSPS) is 18.3. The molecule has 1 heterocycles. The smallest absolute Gasteiger partial charge is 0.251 e. The van der Waals surface area contributed by atoms with Gasteiger partial charge in [-0.3, -0.25) is 4.79 Å². The molecule has 0 atom stereocenters. The van der Waals surface area contributed by atoms with Gasteiger partial charge in [-0.15, -0.1) is 0 Å². The standard InChI is InChI=1S/C14H23N3O/c15-9-8-12-10-13(18)17-14(16-12)11-6-4-2-1-3-5-7-11/h10-11H,1-9,15H2,(H,16,17,18). The van der Waals surface area contributed by atoms with Crippen LogP contribution in [0.2, 0.25) is 0 Å². The molecule has 1 aromatic heterocycles. The molecule has 0 bridgehead atoms. The zero-order valence-electron chi connectivity index (χ0n) is 11.0. The fourth-order valence-electron chi connectivity index (χ4n) is 2.73. The van der Waals surface area contributed by atoms with Gasteiger partial charge in [0.15, 0.2) is 0 Å². The van der Waals surface area contributed by atoms with Gasteiger partial charge in [0.25, 0.3) is 5.56 Å². The van der Waals surface area contributed by atoms with Crippen molar-refractivity contribution in [3.8, 4) is 0 Å². The van der Waals surface area contributed by atoms with E-state index < -0.39 is 0 Å². The molecule has 1 saturated carbocycles. The number of nitrogens with one attached hydrogen (secondary N) is 1. The van der Waals surface area contributed by atoms with Crippen LogP contribution in [0.4, 0.5) is 0 Å². The molecule has 1 fully saturated rings. The third-order valence-electron chi connectivity index (χ3n) is 3.71. The largest absolute Gasteiger partial charge is 0.330 e. The summed E-state index contributed by atoms with van der Waals surface area (Å²) in [5, 5.41) is 0. The highest BCUT2D eigenvalue weighted by molar-refractivity contribution is 5.06. The Bertz CT molecular complexity index is 419. The van der Waals surface area contributed by atoms with Crippen LogP contribution in [0.1, 0.15) is 62.4 Å². The molecule has 0 spiro atoms. The van der Waals surface area contributed by atoms with Gasteiger partial charge in [-0.05, 0) is 19.4 Å². The van der Waals surface area contributed by atoms with E-state index in [0.29, 0.717) is 18.9 Å².